The number of benzene rings is 1. The van der Waals surface area contributed by atoms with Gasteiger partial charge in [-0.3, -0.25) is 8.98 Å². The first-order chi connectivity index (χ1) is 10.7. The van der Waals surface area contributed by atoms with Crippen LogP contribution < -0.4 is 0 Å². The standard InChI is InChI=1S/C15H18O7S/c1-9-4-6-10(7-5-9)23(17,18)19-8-11-12(16)13-14(20-11)22-15(2,3)21-13/h4-7,11,13-14H,8H2,1-3H3. The van der Waals surface area contributed by atoms with Crippen molar-refractivity contribution in [1.29, 1.82) is 0 Å². The lowest BCUT2D eigenvalue weighted by Crippen LogP contribution is -2.33. The van der Waals surface area contributed by atoms with E-state index in [2.05, 4.69) is 0 Å². The molecular formula is C15H18O7S. The van der Waals surface area contributed by atoms with Crippen molar-refractivity contribution < 1.29 is 31.6 Å². The van der Waals surface area contributed by atoms with E-state index in [-0.39, 0.29) is 10.7 Å². The number of ketones is 1. The quantitative estimate of drug-likeness (QED) is 0.758. The van der Waals surface area contributed by atoms with Crippen molar-refractivity contribution in [2.45, 2.75) is 50.0 Å². The summed E-state index contributed by atoms with van der Waals surface area (Å²) in [6.45, 7) is 4.79. The molecule has 0 aromatic heterocycles. The third-order valence-corrected chi connectivity index (χ3v) is 4.93. The third-order valence-electron chi connectivity index (χ3n) is 3.64. The average molecular weight is 342 g/mol. The maximum atomic E-state index is 12.2. The fraction of sp³-hybridized carbons (Fsp3) is 0.533. The van der Waals surface area contributed by atoms with E-state index in [4.69, 9.17) is 18.4 Å². The van der Waals surface area contributed by atoms with Gasteiger partial charge in [-0.05, 0) is 32.9 Å². The lowest BCUT2D eigenvalue weighted by Gasteiger charge is -2.19. The lowest BCUT2D eigenvalue weighted by molar-refractivity contribution is -0.206. The highest BCUT2D eigenvalue weighted by Gasteiger charge is 2.54. The molecule has 3 atom stereocenters. The van der Waals surface area contributed by atoms with Crippen molar-refractivity contribution in [3.8, 4) is 0 Å². The third kappa shape index (κ3) is 3.31. The first-order valence-corrected chi connectivity index (χ1v) is 8.60. The van der Waals surface area contributed by atoms with E-state index < -0.39 is 41.0 Å². The highest BCUT2D eigenvalue weighted by Crippen LogP contribution is 2.35. The Kier molecular flexibility index (Phi) is 4.06. The van der Waals surface area contributed by atoms with Crippen LogP contribution in [0, 0.1) is 6.92 Å². The van der Waals surface area contributed by atoms with E-state index in [0.717, 1.165) is 5.56 Å². The molecule has 2 aliphatic heterocycles. The van der Waals surface area contributed by atoms with E-state index >= 15 is 0 Å². The van der Waals surface area contributed by atoms with E-state index in [1.165, 1.54) is 12.1 Å². The highest BCUT2D eigenvalue weighted by molar-refractivity contribution is 7.86. The number of rotatable bonds is 4. The number of hydrogen-bond acceptors (Lipinski definition) is 7. The van der Waals surface area contributed by atoms with E-state index in [0.29, 0.717) is 0 Å². The molecule has 7 nitrogen and oxygen atoms in total. The molecule has 0 amide bonds. The van der Waals surface area contributed by atoms with E-state index in [9.17, 15) is 13.2 Å². The molecule has 1 aromatic rings. The van der Waals surface area contributed by atoms with Crippen molar-refractivity contribution in [2.24, 2.45) is 0 Å². The summed E-state index contributed by atoms with van der Waals surface area (Å²) in [7, 11) is -3.95. The van der Waals surface area contributed by atoms with Gasteiger partial charge in [-0.25, -0.2) is 0 Å². The summed E-state index contributed by atoms with van der Waals surface area (Å²) >= 11 is 0. The molecule has 0 spiro atoms. The fourth-order valence-corrected chi connectivity index (χ4v) is 3.39. The van der Waals surface area contributed by atoms with Crippen LogP contribution in [0.4, 0.5) is 0 Å². The number of carbonyl (C=O) groups excluding carboxylic acids is 1. The molecule has 0 N–H and O–H groups in total. The van der Waals surface area contributed by atoms with Gasteiger partial charge in [0.05, 0.1) is 4.90 Å². The highest BCUT2D eigenvalue weighted by atomic mass is 32.2. The molecule has 0 bridgehead atoms. The first-order valence-electron chi connectivity index (χ1n) is 7.19. The van der Waals surface area contributed by atoms with Crippen molar-refractivity contribution in [3.63, 3.8) is 0 Å². The Labute approximate surface area is 134 Å². The Bertz CT molecular complexity index is 708. The van der Waals surface area contributed by atoms with Crippen LogP contribution in [-0.2, 0) is 33.3 Å². The minimum atomic E-state index is -3.95. The molecule has 0 aliphatic carbocycles. The van der Waals surface area contributed by atoms with Gasteiger partial charge >= 0.3 is 0 Å². The van der Waals surface area contributed by atoms with E-state index in [1.807, 2.05) is 6.92 Å². The molecule has 0 radical (unpaired) electrons. The Morgan fingerprint density at radius 3 is 2.43 bits per heavy atom. The van der Waals surface area contributed by atoms with Gasteiger partial charge in [-0.1, -0.05) is 17.7 Å². The molecule has 3 unspecified atom stereocenters. The summed E-state index contributed by atoms with van der Waals surface area (Å²) in [5.74, 6) is -1.27. The Morgan fingerprint density at radius 2 is 1.83 bits per heavy atom. The molecule has 1 aromatic carbocycles. The topological polar surface area (TPSA) is 88.1 Å². The number of Topliss-reactive ketones (excluding diaryl/α,β-unsaturated/α-hetero) is 1. The van der Waals surface area contributed by atoms with Gasteiger partial charge in [0.25, 0.3) is 10.1 Å². The van der Waals surface area contributed by atoms with Crippen LogP contribution in [0.5, 0.6) is 0 Å². The molecule has 126 valence electrons. The maximum Gasteiger partial charge on any atom is 0.297 e. The Hall–Kier alpha value is -1.32. The van der Waals surface area contributed by atoms with Gasteiger partial charge in [0.15, 0.2) is 24.0 Å². The van der Waals surface area contributed by atoms with Crippen molar-refractivity contribution in [3.05, 3.63) is 29.8 Å². The summed E-state index contributed by atoms with van der Waals surface area (Å²) in [6, 6.07) is 6.24. The van der Waals surface area contributed by atoms with Gasteiger partial charge < -0.3 is 14.2 Å². The number of ether oxygens (including phenoxy) is 3. The smallest absolute Gasteiger partial charge is 0.297 e. The molecule has 2 saturated heterocycles. The van der Waals surface area contributed by atoms with Gasteiger partial charge in [0.2, 0.25) is 0 Å². The molecule has 23 heavy (non-hydrogen) atoms. The second-order valence-corrected chi connectivity index (χ2v) is 7.62. The monoisotopic (exact) mass is 342 g/mol. The van der Waals surface area contributed by atoms with Crippen LogP contribution >= 0.6 is 0 Å². The summed E-state index contributed by atoms with van der Waals surface area (Å²) in [6.07, 6.45) is -2.70. The average Bonchev–Trinajstić information content (AvgIpc) is 2.91. The van der Waals surface area contributed by atoms with Crippen LogP contribution in [0.25, 0.3) is 0 Å². The zero-order chi connectivity index (χ0) is 16.8. The lowest BCUT2D eigenvalue weighted by atomic mass is 10.2. The van der Waals surface area contributed by atoms with Crippen molar-refractivity contribution >= 4 is 15.9 Å². The minimum absolute atomic E-state index is 0.0300. The number of aryl methyl sites for hydroxylation is 1. The van der Waals surface area contributed by atoms with Crippen LogP contribution in [0.3, 0.4) is 0 Å². The van der Waals surface area contributed by atoms with Crippen molar-refractivity contribution in [2.75, 3.05) is 6.61 Å². The Morgan fingerprint density at radius 1 is 1.17 bits per heavy atom. The molecule has 2 heterocycles. The second kappa shape index (κ2) is 5.64. The zero-order valence-corrected chi connectivity index (χ0v) is 13.8. The SMILES string of the molecule is Cc1ccc(S(=O)(=O)OCC2OC3OC(C)(C)OC3C2=O)cc1. The zero-order valence-electron chi connectivity index (χ0n) is 13.0. The van der Waals surface area contributed by atoms with Crippen molar-refractivity contribution in [1.82, 2.24) is 0 Å². The number of hydrogen-bond donors (Lipinski definition) is 0. The van der Waals surface area contributed by atoms with Gasteiger partial charge in [-0.15, -0.1) is 0 Å². The summed E-state index contributed by atoms with van der Waals surface area (Å²) in [5.41, 5.74) is 0.933. The van der Waals surface area contributed by atoms with E-state index in [1.54, 1.807) is 26.0 Å². The van der Waals surface area contributed by atoms with Crippen LogP contribution in [0.2, 0.25) is 0 Å². The van der Waals surface area contributed by atoms with Crippen LogP contribution in [0.15, 0.2) is 29.2 Å². The summed E-state index contributed by atoms with van der Waals surface area (Å²) < 4.78 is 45.4. The number of carbonyl (C=O) groups is 1. The largest absolute Gasteiger partial charge is 0.336 e. The molecule has 3 rings (SSSR count). The van der Waals surface area contributed by atoms with Crippen LogP contribution in [0.1, 0.15) is 19.4 Å². The van der Waals surface area contributed by atoms with Gasteiger partial charge in [0, 0.05) is 0 Å². The van der Waals surface area contributed by atoms with Crippen LogP contribution in [-0.4, -0.2) is 45.1 Å². The predicted octanol–water partition coefficient (Wildman–Crippen LogP) is 1.15. The first kappa shape index (κ1) is 16.5. The maximum absolute atomic E-state index is 12.2. The number of fused-ring (bicyclic) bond motifs is 1. The van der Waals surface area contributed by atoms with Gasteiger partial charge in [-0.2, -0.15) is 8.42 Å². The molecular weight excluding hydrogens is 324 g/mol. The minimum Gasteiger partial charge on any atom is -0.336 e. The molecule has 8 heteroatoms. The van der Waals surface area contributed by atoms with Gasteiger partial charge in [0.1, 0.15) is 12.7 Å². The Balaban J connectivity index is 1.63. The predicted molar refractivity (Wildman–Crippen MR) is 78.0 cm³/mol. The summed E-state index contributed by atoms with van der Waals surface area (Å²) in [4.78, 5) is 12.2. The normalized spacial score (nSPS) is 29.7. The molecule has 2 aliphatic rings. The molecule has 0 saturated carbocycles. The molecule has 2 fully saturated rings. The summed E-state index contributed by atoms with van der Waals surface area (Å²) in [5, 5.41) is 0. The fourth-order valence-electron chi connectivity index (χ4n) is 2.48. The second-order valence-electron chi connectivity index (χ2n) is 6.00.